The van der Waals surface area contributed by atoms with E-state index in [-0.39, 0.29) is 11.4 Å². The van der Waals surface area contributed by atoms with Gasteiger partial charge in [0.05, 0.1) is 12.0 Å². The van der Waals surface area contributed by atoms with E-state index in [4.69, 9.17) is 10.8 Å². The van der Waals surface area contributed by atoms with Gasteiger partial charge in [0.25, 0.3) is 5.56 Å². The molecule has 1 aliphatic rings. The van der Waals surface area contributed by atoms with Crippen molar-refractivity contribution in [2.45, 2.75) is 12.8 Å². The third kappa shape index (κ3) is 1.83. The van der Waals surface area contributed by atoms with Crippen LogP contribution in [-0.4, -0.2) is 34.1 Å². The number of carboxylic acid groups (broad SMARTS) is 1. The molecule has 2 heterocycles. The van der Waals surface area contributed by atoms with Crippen LogP contribution in [0.3, 0.4) is 0 Å². The number of nitrogens with two attached hydrogens (primary N) is 1. The number of rotatable bonds is 3. The second-order valence-corrected chi connectivity index (χ2v) is 3.66. The van der Waals surface area contributed by atoms with Gasteiger partial charge in [0, 0.05) is 13.1 Å². The first-order chi connectivity index (χ1) is 7.58. The number of nitrogen functional groups attached to an aromatic ring is 1. The molecule has 16 heavy (non-hydrogen) atoms. The van der Waals surface area contributed by atoms with Gasteiger partial charge in [-0.2, -0.15) is 4.98 Å². The van der Waals surface area contributed by atoms with Crippen molar-refractivity contribution in [2.24, 2.45) is 0 Å². The summed E-state index contributed by atoms with van der Waals surface area (Å²) in [5, 5.41) is 8.61. The molecule has 1 aliphatic heterocycles. The summed E-state index contributed by atoms with van der Waals surface area (Å²) in [6.45, 7) is 1.67. The topological polar surface area (TPSA) is 112 Å². The standard InChI is InChI=1S/C9H12N4O3/c10-7-5(4-6(14)15)8(16)12-9(11-7)13-2-1-3-13/h1-4H2,(H,14,15)(H3,10,11,12,16). The van der Waals surface area contributed by atoms with Crippen molar-refractivity contribution in [2.75, 3.05) is 23.7 Å². The summed E-state index contributed by atoms with van der Waals surface area (Å²) >= 11 is 0. The van der Waals surface area contributed by atoms with Gasteiger partial charge < -0.3 is 15.7 Å². The van der Waals surface area contributed by atoms with Crippen molar-refractivity contribution in [3.63, 3.8) is 0 Å². The van der Waals surface area contributed by atoms with E-state index in [2.05, 4.69) is 9.97 Å². The van der Waals surface area contributed by atoms with Crippen molar-refractivity contribution in [3.8, 4) is 0 Å². The first-order valence-electron chi connectivity index (χ1n) is 4.93. The molecule has 1 saturated heterocycles. The van der Waals surface area contributed by atoms with E-state index in [1.54, 1.807) is 0 Å². The van der Waals surface area contributed by atoms with Crippen LogP contribution in [0.15, 0.2) is 4.79 Å². The summed E-state index contributed by atoms with van der Waals surface area (Å²) in [5.41, 5.74) is 5.10. The highest BCUT2D eigenvalue weighted by molar-refractivity contribution is 5.72. The zero-order valence-electron chi connectivity index (χ0n) is 8.56. The summed E-state index contributed by atoms with van der Waals surface area (Å²) in [7, 11) is 0. The SMILES string of the molecule is Nc1nc(N2CCC2)[nH]c(=O)c1CC(=O)O. The van der Waals surface area contributed by atoms with Gasteiger partial charge in [0.2, 0.25) is 5.95 Å². The molecule has 4 N–H and O–H groups in total. The molecule has 7 nitrogen and oxygen atoms in total. The number of aromatic amines is 1. The highest BCUT2D eigenvalue weighted by Crippen LogP contribution is 2.16. The van der Waals surface area contributed by atoms with E-state index in [1.807, 2.05) is 4.90 Å². The zero-order valence-corrected chi connectivity index (χ0v) is 8.56. The number of H-pyrrole nitrogens is 1. The largest absolute Gasteiger partial charge is 0.481 e. The molecule has 0 atom stereocenters. The van der Waals surface area contributed by atoms with Gasteiger partial charge in [0.15, 0.2) is 0 Å². The Morgan fingerprint density at radius 3 is 2.69 bits per heavy atom. The fourth-order valence-electron chi connectivity index (χ4n) is 1.50. The van der Waals surface area contributed by atoms with E-state index in [1.165, 1.54) is 0 Å². The van der Waals surface area contributed by atoms with Crippen molar-refractivity contribution in [1.82, 2.24) is 9.97 Å². The summed E-state index contributed by atoms with van der Waals surface area (Å²) in [4.78, 5) is 30.5. The van der Waals surface area contributed by atoms with Crippen molar-refractivity contribution >= 4 is 17.7 Å². The summed E-state index contributed by atoms with van der Waals surface area (Å²) in [5.74, 6) is -0.688. The molecule has 7 heteroatoms. The average Bonchev–Trinajstić information content (AvgIpc) is 2.08. The van der Waals surface area contributed by atoms with Gasteiger partial charge in [-0.05, 0) is 6.42 Å². The van der Waals surface area contributed by atoms with E-state index in [9.17, 15) is 9.59 Å². The monoisotopic (exact) mass is 224 g/mol. The predicted octanol–water partition coefficient (Wildman–Crippen LogP) is -0.811. The van der Waals surface area contributed by atoms with Crippen LogP contribution < -0.4 is 16.2 Å². The Bertz CT molecular complexity index is 478. The van der Waals surface area contributed by atoms with Crippen LogP contribution in [0, 0.1) is 0 Å². The highest BCUT2D eigenvalue weighted by Gasteiger charge is 2.19. The molecule has 1 aromatic rings. The maximum atomic E-state index is 11.6. The maximum absolute atomic E-state index is 11.6. The maximum Gasteiger partial charge on any atom is 0.308 e. The lowest BCUT2D eigenvalue weighted by molar-refractivity contribution is -0.136. The normalized spacial score (nSPS) is 14.6. The molecule has 0 radical (unpaired) electrons. The van der Waals surface area contributed by atoms with Crippen molar-refractivity contribution in [1.29, 1.82) is 0 Å². The summed E-state index contributed by atoms with van der Waals surface area (Å²) in [6.07, 6.45) is 0.648. The Balaban J connectivity index is 2.34. The van der Waals surface area contributed by atoms with Crippen LogP contribution in [0.25, 0.3) is 0 Å². The molecule has 0 aliphatic carbocycles. The molecule has 0 saturated carbocycles. The van der Waals surface area contributed by atoms with E-state index >= 15 is 0 Å². The highest BCUT2D eigenvalue weighted by atomic mass is 16.4. The second kappa shape index (κ2) is 3.84. The van der Waals surface area contributed by atoms with Gasteiger partial charge in [0.1, 0.15) is 5.82 Å². The minimum Gasteiger partial charge on any atom is -0.481 e. The quantitative estimate of drug-likeness (QED) is 0.619. The zero-order chi connectivity index (χ0) is 11.7. The second-order valence-electron chi connectivity index (χ2n) is 3.66. The van der Waals surface area contributed by atoms with Crippen LogP contribution in [0.4, 0.5) is 11.8 Å². The smallest absolute Gasteiger partial charge is 0.308 e. The number of hydrogen-bond acceptors (Lipinski definition) is 5. The molecule has 1 aromatic heterocycles. The molecule has 0 unspecified atom stereocenters. The number of carboxylic acids is 1. The van der Waals surface area contributed by atoms with Crippen LogP contribution >= 0.6 is 0 Å². The molecule has 1 fully saturated rings. The van der Waals surface area contributed by atoms with E-state index in [0.717, 1.165) is 19.5 Å². The number of nitrogens with one attached hydrogen (secondary N) is 1. The Hall–Kier alpha value is -2.05. The minimum atomic E-state index is -1.10. The summed E-state index contributed by atoms with van der Waals surface area (Å²) < 4.78 is 0. The molecule has 2 rings (SSSR count). The molecule has 86 valence electrons. The minimum absolute atomic E-state index is 0.00644. The van der Waals surface area contributed by atoms with Gasteiger partial charge >= 0.3 is 5.97 Å². The lowest BCUT2D eigenvalue weighted by Gasteiger charge is -2.31. The molecule has 0 bridgehead atoms. The van der Waals surface area contributed by atoms with Crippen LogP contribution in [0.1, 0.15) is 12.0 Å². The molecular formula is C9H12N4O3. The lowest BCUT2D eigenvalue weighted by Crippen LogP contribution is -2.40. The Kier molecular flexibility index (Phi) is 2.51. The third-order valence-corrected chi connectivity index (χ3v) is 2.52. The average molecular weight is 224 g/mol. The Morgan fingerprint density at radius 2 is 2.25 bits per heavy atom. The van der Waals surface area contributed by atoms with Crippen LogP contribution in [-0.2, 0) is 11.2 Å². The Labute approximate surface area is 90.9 Å². The number of hydrogen-bond donors (Lipinski definition) is 3. The number of carbonyl (C=O) groups is 1. The third-order valence-electron chi connectivity index (χ3n) is 2.52. The van der Waals surface area contributed by atoms with Gasteiger partial charge in [-0.3, -0.25) is 14.6 Å². The van der Waals surface area contributed by atoms with Gasteiger partial charge in [-0.15, -0.1) is 0 Å². The van der Waals surface area contributed by atoms with E-state index < -0.39 is 17.9 Å². The molecule has 0 aromatic carbocycles. The summed E-state index contributed by atoms with van der Waals surface area (Å²) in [6, 6.07) is 0. The predicted molar refractivity (Wildman–Crippen MR) is 57.4 cm³/mol. The number of nitrogens with zero attached hydrogens (tertiary/aromatic N) is 2. The molecule has 0 spiro atoms. The fraction of sp³-hybridized carbons (Fsp3) is 0.444. The van der Waals surface area contributed by atoms with Crippen LogP contribution in [0.5, 0.6) is 0 Å². The Morgan fingerprint density at radius 1 is 1.56 bits per heavy atom. The molecular weight excluding hydrogens is 212 g/mol. The van der Waals surface area contributed by atoms with E-state index in [0.29, 0.717) is 5.95 Å². The van der Waals surface area contributed by atoms with Crippen LogP contribution in [0.2, 0.25) is 0 Å². The lowest BCUT2D eigenvalue weighted by atomic mass is 10.2. The van der Waals surface area contributed by atoms with Gasteiger partial charge in [-0.25, -0.2) is 0 Å². The number of aromatic nitrogens is 2. The van der Waals surface area contributed by atoms with Crippen molar-refractivity contribution < 1.29 is 9.90 Å². The molecule has 0 amide bonds. The number of anilines is 2. The first-order valence-corrected chi connectivity index (χ1v) is 4.93. The van der Waals surface area contributed by atoms with Crippen molar-refractivity contribution in [3.05, 3.63) is 15.9 Å². The number of aliphatic carboxylic acids is 1. The van der Waals surface area contributed by atoms with Gasteiger partial charge in [-0.1, -0.05) is 0 Å². The first kappa shape index (κ1) is 10.5. The fourth-order valence-corrected chi connectivity index (χ4v) is 1.50.